The summed E-state index contributed by atoms with van der Waals surface area (Å²) in [4.78, 5) is 14.3. The molecule has 1 N–H and O–H groups in total. The second-order valence-corrected chi connectivity index (χ2v) is 3.81. The van der Waals surface area contributed by atoms with Crippen molar-refractivity contribution in [1.82, 2.24) is 0 Å². The summed E-state index contributed by atoms with van der Waals surface area (Å²) in [6, 6.07) is 6.14. The molecule has 0 aliphatic rings. The molecule has 1 rings (SSSR count). The monoisotopic (exact) mass is 268 g/mol. The standard InChI is InChI=1S/C11H13ClN4O2/c1-2-18-11(17)10(7-14-16-13)15-9-5-3-8(12)4-6-9/h3-6,10,15H,2,7H2,1H3. The van der Waals surface area contributed by atoms with Crippen molar-refractivity contribution in [3.8, 4) is 0 Å². The number of hydrogen-bond donors (Lipinski definition) is 1. The Balaban J connectivity index is 2.73. The number of nitrogens with one attached hydrogen (secondary N) is 1. The Morgan fingerprint density at radius 3 is 2.78 bits per heavy atom. The minimum absolute atomic E-state index is 0.0159. The maximum atomic E-state index is 11.6. The van der Waals surface area contributed by atoms with Crippen LogP contribution in [0.1, 0.15) is 6.92 Å². The van der Waals surface area contributed by atoms with Crippen LogP contribution in [0.4, 0.5) is 5.69 Å². The third-order valence-corrected chi connectivity index (χ3v) is 2.34. The second-order valence-electron chi connectivity index (χ2n) is 3.37. The van der Waals surface area contributed by atoms with Gasteiger partial charge in [-0.2, -0.15) is 0 Å². The predicted octanol–water partition coefficient (Wildman–Crippen LogP) is 2.99. The first-order valence-electron chi connectivity index (χ1n) is 5.37. The van der Waals surface area contributed by atoms with E-state index in [9.17, 15) is 4.79 Å². The Morgan fingerprint density at radius 1 is 1.56 bits per heavy atom. The van der Waals surface area contributed by atoms with Gasteiger partial charge in [0.1, 0.15) is 6.04 Å². The molecule has 0 saturated carbocycles. The van der Waals surface area contributed by atoms with Crippen LogP contribution < -0.4 is 5.32 Å². The minimum Gasteiger partial charge on any atom is -0.464 e. The summed E-state index contributed by atoms with van der Waals surface area (Å²) in [5, 5.41) is 6.91. The summed E-state index contributed by atoms with van der Waals surface area (Å²) < 4.78 is 4.89. The van der Waals surface area contributed by atoms with Crippen LogP contribution in [0.15, 0.2) is 29.4 Å². The van der Waals surface area contributed by atoms with E-state index in [1.54, 1.807) is 31.2 Å². The molecule has 0 aliphatic heterocycles. The summed E-state index contributed by atoms with van der Waals surface area (Å²) in [6.45, 7) is 1.97. The van der Waals surface area contributed by atoms with Crippen LogP contribution in [0.3, 0.4) is 0 Å². The van der Waals surface area contributed by atoms with Crippen molar-refractivity contribution < 1.29 is 9.53 Å². The molecule has 6 nitrogen and oxygen atoms in total. The maximum Gasteiger partial charge on any atom is 0.328 e. The molecule has 1 aromatic carbocycles. The van der Waals surface area contributed by atoms with Gasteiger partial charge in [0.25, 0.3) is 0 Å². The Morgan fingerprint density at radius 2 is 2.22 bits per heavy atom. The van der Waals surface area contributed by atoms with Crippen molar-refractivity contribution in [3.63, 3.8) is 0 Å². The molecule has 0 bridgehead atoms. The number of benzene rings is 1. The Kier molecular flexibility index (Phi) is 5.84. The smallest absolute Gasteiger partial charge is 0.328 e. The number of halogens is 1. The van der Waals surface area contributed by atoms with Crippen LogP contribution in [0, 0.1) is 0 Å². The van der Waals surface area contributed by atoms with E-state index in [0.29, 0.717) is 10.7 Å². The van der Waals surface area contributed by atoms with Crippen LogP contribution in [-0.4, -0.2) is 25.2 Å². The van der Waals surface area contributed by atoms with Gasteiger partial charge in [-0.1, -0.05) is 16.7 Å². The van der Waals surface area contributed by atoms with Crippen LogP contribution >= 0.6 is 11.6 Å². The molecule has 0 aliphatic carbocycles. The van der Waals surface area contributed by atoms with Gasteiger partial charge in [-0.25, -0.2) is 4.79 Å². The Hall–Kier alpha value is -1.91. The van der Waals surface area contributed by atoms with Gasteiger partial charge < -0.3 is 10.1 Å². The predicted molar refractivity (Wildman–Crippen MR) is 69.5 cm³/mol. The third kappa shape index (κ3) is 4.53. The van der Waals surface area contributed by atoms with E-state index in [1.807, 2.05) is 0 Å². The number of ether oxygens (including phenoxy) is 1. The molecule has 96 valence electrons. The second kappa shape index (κ2) is 7.42. The molecule has 1 unspecified atom stereocenters. The van der Waals surface area contributed by atoms with Crippen molar-refractivity contribution in [1.29, 1.82) is 0 Å². The molecular formula is C11H13ClN4O2. The molecule has 7 heteroatoms. The van der Waals surface area contributed by atoms with E-state index < -0.39 is 12.0 Å². The molecule has 0 saturated heterocycles. The molecule has 0 aromatic heterocycles. The van der Waals surface area contributed by atoms with Crippen LogP contribution in [0.2, 0.25) is 5.02 Å². The fraction of sp³-hybridized carbons (Fsp3) is 0.364. The Labute approximate surface area is 110 Å². The zero-order valence-electron chi connectivity index (χ0n) is 9.84. The summed E-state index contributed by atoms with van der Waals surface area (Å²) in [5.74, 6) is -0.458. The SMILES string of the molecule is CCOC(=O)C(CN=[N+]=[N-])Nc1ccc(Cl)cc1. The van der Waals surface area contributed by atoms with E-state index in [2.05, 4.69) is 15.3 Å². The van der Waals surface area contributed by atoms with Crippen molar-refractivity contribution >= 4 is 23.3 Å². The van der Waals surface area contributed by atoms with Crippen molar-refractivity contribution in [3.05, 3.63) is 39.7 Å². The highest BCUT2D eigenvalue weighted by molar-refractivity contribution is 6.30. The van der Waals surface area contributed by atoms with Gasteiger partial charge in [-0.15, -0.1) is 0 Å². The maximum absolute atomic E-state index is 11.6. The molecular weight excluding hydrogens is 256 g/mol. The fourth-order valence-corrected chi connectivity index (χ4v) is 1.41. The number of carbonyl (C=O) groups excluding carboxylic acids is 1. The van der Waals surface area contributed by atoms with E-state index in [0.717, 1.165) is 0 Å². The average molecular weight is 269 g/mol. The molecule has 1 atom stereocenters. The zero-order chi connectivity index (χ0) is 13.4. The summed E-state index contributed by atoms with van der Waals surface area (Å²) in [6.07, 6.45) is 0. The molecule has 1 aromatic rings. The van der Waals surface area contributed by atoms with Gasteiger partial charge in [0.05, 0.1) is 13.2 Å². The molecule has 0 radical (unpaired) electrons. The van der Waals surface area contributed by atoms with Crippen molar-refractivity contribution in [2.75, 3.05) is 18.5 Å². The van der Waals surface area contributed by atoms with Crippen molar-refractivity contribution in [2.24, 2.45) is 5.11 Å². The summed E-state index contributed by atoms with van der Waals surface area (Å²) in [7, 11) is 0. The lowest BCUT2D eigenvalue weighted by Gasteiger charge is -2.16. The summed E-state index contributed by atoms with van der Waals surface area (Å²) >= 11 is 5.76. The van der Waals surface area contributed by atoms with E-state index in [4.69, 9.17) is 21.9 Å². The fourth-order valence-electron chi connectivity index (χ4n) is 1.29. The molecule has 18 heavy (non-hydrogen) atoms. The number of anilines is 1. The molecule has 0 spiro atoms. The van der Waals surface area contributed by atoms with Gasteiger partial charge in [0.2, 0.25) is 0 Å². The van der Waals surface area contributed by atoms with E-state index >= 15 is 0 Å². The van der Waals surface area contributed by atoms with Gasteiger partial charge in [0, 0.05) is 15.6 Å². The van der Waals surface area contributed by atoms with Gasteiger partial charge in [-0.3, -0.25) is 0 Å². The normalized spacial score (nSPS) is 11.2. The first-order valence-corrected chi connectivity index (χ1v) is 5.74. The zero-order valence-corrected chi connectivity index (χ0v) is 10.6. The van der Waals surface area contributed by atoms with Crippen LogP contribution in [0.25, 0.3) is 10.4 Å². The first-order chi connectivity index (χ1) is 8.67. The topological polar surface area (TPSA) is 87.1 Å². The Bertz CT molecular complexity index is 443. The lowest BCUT2D eigenvalue weighted by atomic mass is 10.2. The van der Waals surface area contributed by atoms with E-state index in [1.165, 1.54) is 0 Å². The first kappa shape index (κ1) is 14.2. The molecule has 0 heterocycles. The number of nitrogens with zero attached hydrogens (tertiary/aromatic N) is 3. The molecule has 0 fully saturated rings. The lowest BCUT2D eigenvalue weighted by Crippen LogP contribution is -2.34. The van der Waals surface area contributed by atoms with Crippen LogP contribution in [0.5, 0.6) is 0 Å². The third-order valence-electron chi connectivity index (χ3n) is 2.08. The van der Waals surface area contributed by atoms with Gasteiger partial charge in [-0.05, 0) is 36.7 Å². The number of carbonyl (C=O) groups is 1. The highest BCUT2D eigenvalue weighted by Crippen LogP contribution is 2.14. The average Bonchev–Trinajstić information content (AvgIpc) is 2.37. The number of hydrogen-bond acceptors (Lipinski definition) is 4. The largest absolute Gasteiger partial charge is 0.464 e. The molecule has 0 amide bonds. The van der Waals surface area contributed by atoms with Gasteiger partial charge >= 0.3 is 5.97 Å². The minimum atomic E-state index is -0.706. The van der Waals surface area contributed by atoms with Crippen LogP contribution in [-0.2, 0) is 9.53 Å². The highest BCUT2D eigenvalue weighted by Gasteiger charge is 2.18. The van der Waals surface area contributed by atoms with Crippen molar-refractivity contribution in [2.45, 2.75) is 13.0 Å². The highest BCUT2D eigenvalue weighted by atomic mass is 35.5. The lowest BCUT2D eigenvalue weighted by molar-refractivity contribution is -0.143. The number of azide groups is 1. The van der Waals surface area contributed by atoms with E-state index in [-0.39, 0.29) is 13.2 Å². The van der Waals surface area contributed by atoms with Gasteiger partial charge in [0.15, 0.2) is 0 Å². The number of esters is 1. The number of rotatable bonds is 6. The quantitative estimate of drug-likeness (QED) is 0.372. The summed E-state index contributed by atoms with van der Waals surface area (Å²) in [5.41, 5.74) is 8.99.